The van der Waals surface area contributed by atoms with Crippen molar-refractivity contribution >= 4 is 5.97 Å². The van der Waals surface area contributed by atoms with Gasteiger partial charge in [-0.2, -0.15) is 0 Å². The number of rotatable bonds is 6. The van der Waals surface area contributed by atoms with Crippen LogP contribution in [-0.4, -0.2) is 11.0 Å². The van der Waals surface area contributed by atoms with Crippen molar-refractivity contribution in [3.8, 4) is 17.0 Å². The zero-order valence-electron chi connectivity index (χ0n) is 13.5. The third-order valence-corrected chi connectivity index (χ3v) is 4.08. The first-order valence-corrected chi connectivity index (χ1v) is 7.83. The van der Waals surface area contributed by atoms with Crippen LogP contribution in [-0.2, 0) is 4.79 Å². The first kappa shape index (κ1) is 16.2. The summed E-state index contributed by atoms with van der Waals surface area (Å²) < 4.78 is 5.62. The quantitative estimate of drug-likeness (QED) is 0.564. The maximum Gasteiger partial charge on any atom is 0.317 e. The normalized spacial score (nSPS) is 13.4. The second-order valence-corrected chi connectivity index (χ2v) is 5.80. The van der Waals surface area contributed by atoms with E-state index in [0.29, 0.717) is 5.75 Å². The minimum absolute atomic E-state index is 0.157. The number of esters is 1. The molecule has 0 amide bonds. The highest BCUT2D eigenvalue weighted by molar-refractivity contribution is 5.79. The molecule has 116 valence electrons. The summed E-state index contributed by atoms with van der Waals surface area (Å²) in [6, 6.07) is 13.3. The molecule has 3 heteroatoms. The highest BCUT2D eigenvalue weighted by Crippen LogP contribution is 2.30. The number of benzene rings is 1. The van der Waals surface area contributed by atoms with Gasteiger partial charge in [0.1, 0.15) is 5.75 Å². The SMILES string of the molecule is CCCC(C)(CC)C(=O)Oc1cccc(-c2ccccn2)c1. The Bertz CT molecular complexity index is 624. The van der Waals surface area contributed by atoms with Crippen molar-refractivity contribution in [3.63, 3.8) is 0 Å². The molecule has 1 aromatic heterocycles. The van der Waals surface area contributed by atoms with Gasteiger partial charge in [0, 0.05) is 11.8 Å². The van der Waals surface area contributed by atoms with Crippen molar-refractivity contribution in [2.75, 3.05) is 0 Å². The third kappa shape index (κ3) is 3.73. The monoisotopic (exact) mass is 297 g/mol. The van der Waals surface area contributed by atoms with Gasteiger partial charge in [0.2, 0.25) is 0 Å². The zero-order valence-corrected chi connectivity index (χ0v) is 13.5. The number of aromatic nitrogens is 1. The molecule has 0 bridgehead atoms. The van der Waals surface area contributed by atoms with E-state index in [4.69, 9.17) is 4.74 Å². The lowest BCUT2D eigenvalue weighted by molar-refractivity contribution is -0.145. The summed E-state index contributed by atoms with van der Waals surface area (Å²) in [4.78, 5) is 16.8. The predicted molar refractivity (Wildman–Crippen MR) is 88.6 cm³/mol. The van der Waals surface area contributed by atoms with Gasteiger partial charge in [0.25, 0.3) is 0 Å². The van der Waals surface area contributed by atoms with Crippen molar-refractivity contribution < 1.29 is 9.53 Å². The number of nitrogens with zero attached hydrogens (tertiary/aromatic N) is 1. The summed E-state index contributed by atoms with van der Waals surface area (Å²) in [7, 11) is 0. The topological polar surface area (TPSA) is 39.2 Å². The Balaban J connectivity index is 2.19. The molecular weight excluding hydrogens is 274 g/mol. The summed E-state index contributed by atoms with van der Waals surface area (Å²) in [5.41, 5.74) is 1.39. The van der Waals surface area contributed by atoms with E-state index in [1.54, 1.807) is 6.20 Å². The zero-order chi connectivity index (χ0) is 16.0. The van der Waals surface area contributed by atoms with Crippen LogP contribution in [0.15, 0.2) is 48.7 Å². The van der Waals surface area contributed by atoms with E-state index < -0.39 is 5.41 Å². The highest BCUT2D eigenvalue weighted by Gasteiger charge is 2.32. The Morgan fingerprint density at radius 2 is 2.00 bits per heavy atom. The maximum atomic E-state index is 12.5. The fraction of sp³-hybridized carbons (Fsp3) is 0.368. The van der Waals surface area contributed by atoms with Crippen LogP contribution >= 0.6 is 0 Å². The van der Waals surface area contributed by atoms with Crippen LogP contribution in [0, 0.1) is 5.41 Å². The molecule has 1 aromatic carbocycles. The molecule has 1 atom stereocenters. The largest absolute Gasteiger partial charge is 0.426 e. The molecule has 0 aliphatic heterocycles. The molecule has 0 N–H and O–H groups in total. The van der Waals surface area contributed by atoms with Gasteiger partial charge < -0.3 is 4.74 Å². The van der Waals surface area contributed by atoms with Crippen molar-refractivity contribution in [2.45, 2.75) is 40.0 Å². The van der Waals surface area contributed by atoms with Gasteiger partial charge in [-0.15, -0.1) is 0 Å². The fourth-order valence-electron chi connectivity index (χ4n) is 2.46. The summed E-state index contributed by atoms with van der Waals surface area (Å²) in [5, 5.41) is 0. The molecule has 1 unspecified atom stereocenters. The molecule has 0 saturated heterocycles. The Morgan fingerprint density at radius 1 is 1.18 bits per heavy atom. The van der Waals surface area contributed by atoms with Gasteiger partial charge in [0.15, 0.2) is 0 Å². The number of ether oxygens (including phenoxy) is 1. The standard InChI is InChI=1S/C19H23NO2/c1-4-12-19(3,5-2)18(21)22-16-10-8-9-15(14-16)17-11-6-7-13-20-17/h6-11,13-14H,4-5,12H2,1-3H3. The van der Waals surface area contributed by atoms with Gasteiger partial charge >= 0.3 is 5.97 Å². The number of carbonyl (C=O) groups excluding carboxylic acids is 1. The molecule has 1 heterocycles. The van der Waals surface area contributed by atoms with Crippen LogP contribution in [0.1, 0.15) is 40.0 Å². The molecule has 3 nitrogen and oxygen atoms in total. The van der Waals surface area contributed by atoms with E-state index in [0.717, 1.165) is 30.5 Å². The molecule has 0 aliphatic carbocycles. The van der Waals surface area contributed by atoms with Crippen molar-refractivity contribution in [3.05, 3.63) is 48.7 Å². The van der Waals surface area contributed by atoms with Crippen molar-refractivity contribution in [1.82, 2.24) is 4.98 Å². The van der Waals surface area contributed by atoms with Gasteiger partial charge in [-0.3, -0.25) is 9.78 Å². The van der Waals surface area contributed by atoms with Crippen molar-refractivity contribution in [2.24, 2.45) is 5.41 Å². The molecule has 0 radical (unpaired) electrons. The van der Waals surface area contributed by atoms with Crippen molar-refractivity contribution in [1.29, 1.82) is 0 Å². The molecule has 2 aromatic rings. The lowest BCUT2D eigenvalue weighted by atomic mass is 9.83. The van der Waals surface area contributed by atoms with E-state index in [2.05, 4.69) is 11.9 Å². The molecule has 0 aliphatic rings. The van der Waals surface area contributed by atoms with E-state index in [1.165, 1.54) is 0 Å². The van der Waals surface area contributed by atoms with Crippen LogP contribution in [0.25, 0.3) is 11.3 Å². The third-order valence-electron chi connectivity index (χ3n) is 4.08. The average molecular weight is 297 g/mol. The predicted octanol–water partition coefficient (Wildman–Crippen LogP) is 4.87. The molecular formula is C19H23NO2. The van der Waals surface area contributed by atoms with E-state index in [9.17, 15) is 4.79 Å². The molecule has 0 saturated carbocycles. The minimum Gasteiger partial charge on any atom is -0.426 e. The second-order valence-electron chi connectivity index (χ2n) is 5.80. The number of pyridine rings is 1. The summed E-state index contributed by atoms with van der Waals surface area (Å²) in [5.74, 6) is 0.416. The minimum atomic E-state index is -0.421. The molecule has 2 rings (SSSR count). The van der Waals surface area contributed by atoms with E-state index in [-0.39, 0.29) is 5.97 Å². The fourth-order valence-corrected chi connectivity index (χ4v) is 2.46. The van der Waals surface area contributed by atoms with Crippen LogP contribution in [0.5, 0.6) is 5.75 Å². The van der Waals surface area contributed by atoms with Crippen LogP contribution in [0.2, 0.25) is 0 Å². The molecule has 0 spiro atoms. The Kier molecular flexibility index (Phi) is 5.31. The maximum absolute atomic E-state index is 12.5. The number of carbonyl (C=O) groups is 1. The van der Waals surface area contributed by atoms with E-state index >= 15 is 0 Å². The van der Waals surface area contributed by atoms with Gasteiger partial charge in [0.05, 0.1) is 11.1 Å². The second kappa shape index (κ2) is 7.21. The lowest BCUT2D eigenvalue weighted by Gasteiger charge is -2.25. The van der Waals surface area contributed by atoms with Gasteiger partial charge in [-0.1, -0.05) is 38.5 Å². The Hall–Kier alpha value is -2.16. The van der Waals surface area contributed by atoms with Crippen LogP contribution in [0.3, 0.4) is 0 Å². The van der Waals surface area contributed by atoms with Crippen LogP contribution in [0.4, 0.5) is 0 Å². The smallest absolute Gasteiger partial charge is 0.317 e. The molecule has 22 heavy (non-hydrogen) atoms. The Labute approximate surface area is 132 Å². The van der Waals surface area contributed by atoms with Gasteiger partial charge in [-0.25, -0.2) is 0 Å². The number of hydrogen-bond donors (Lipinski definition) is 0. The Morgan fingerprint density at radius 3 is 2.64 bits per heavy atom. The lowest BCUT2D eigenvalue weighted by Crippen LogP contribution is -2.31. The first-order chi connectivity index (χ1) is 10.6. The summed E-state index contributed by atoms with van der Waals surface area (Å²) in [6.45, 7) is 6.09. The molecule has 0 fully saturated rings. The highest BCUT2D eigenvalue weighted by atomic mass is 16.5. The van der Waals surface area contributed by atoms with E-state index in [1.807, 2.05) is 56.3 Å². The summed E-state index contributed by atoms with van der Waals surface area (Å²) >= 11 is 0. The first-order valence-electron chi connectivity index (χ1n) is 7.83. The van der Waals surface area contributed by atoms with Gasteiger partial charge in [-0.05, 0) is 44.0 Å². The number of hydrogen-bond acceptors (Lipinski definition) is 3. The van der Waals surface area contributed by atoms with Crippen LogP contribution < -0.4 is 4.74 Å². The average Bonchev–Trinajstić information content (AvgIpc) is 2.56. The summed E-state index contributed by atoms with van der Waals surface area (Å²) in [6.07, 6.45) is 4.33.